The highest BCUT2D eigenvalue weighted by Crippen LogP contribution is 2.23. The molecule has 1 heterocycles. The number of aromatic carboxylic acids is 1. The molecule has 1 aromatic heterocycles. The number of benzene rings is 2. The van der Waals surface area contributed by atoms with Gasteiger partial charge in [0.2, 0.25) is 10.0 Å². The van der Waals surface area contributed by atoms with Crippen LogP contribution in [-0.4, -0.2) is 35.5 Å². The van der Waals surface area contributed by atoms with E-state index in [0.29, 0.717) is 11.4 Å². The first-order valence-corrected chi connectivity index (χ1v) is 9.54. The zero-order chi connectivity index (χ0) is 20.5. The highest BCUT2D eigenvalue weighted by Gasteiger charge is 2.16. The summed E-state index contributed by atoms with van der Waals surface area (Å²) in [5.74, 6) is -1.29. The van der Waals surface area contributed by atoms with E-state index in [0.717, 1.165) is 18.2 Å². The lowest BCUT2D eigenvalue weighted by Crippen LogP contribution is -2.17. The molecule has 0 radical (unpaired) electrons. The molecule has 144 valence electrons. The lowest BCUT2D eigenvalue weighted by atomic mass is 10.2. The summed E-state index contributed by atoms with van der Waals surface area (Å²) in [7, 11) is -4.04. The number of hydrogen-bond donors (Lipinski definition) is 3. The Morgan fingerprint density at radius 3 is 2.50 bits per heavy atom. The summed E-state index contributed by atoms with van der Waals surface area (Å²) < 4.78 is 24.4. The molecule has 3 aromatic rings. The minimum absolute atomic E-state index is 0.134. The number of carbonyl (C=O) groups is 1. The quantitative estimate of drug-likeness (QED) is 0.556. The van der Waals surface area contributed by atoms with Crippen LogP contribution < -0.4 is 10.7 Å². The highest BCUT2D eigenvalue weighted by atomic mass is 32.2. The number of nitrogens with two attached hydrogens (primary N) is 1. The molecular formula is C18H16N4O5S. The number of sulfonamides is 1. The summed E-state index contributed by atoms with van der Waals surface area (Å²) in [6.45, 7) is 1.67. The molecule has 0 aliphatic heterocycles. The first kappa shape index (κ1) is 19.3. The fraction of sp³-hybridized carbons (Fsp3) is 0.0556. The van der Waals surface area contributed by atoms with Gasteiger partial charge in [-0.1, -0.05) is 18.2 Å². The van der Waals surface area contributed by atoms with Crippen LogP contribution in [0, 0.1) is 6.92 Å². The molecule has 0 saturated carbocycles. The predicted octanol–water partition coefficient (Wildman–Crippen LogP) is 1.57. The second-order valence-corrected chi connectivity index (χ2v) is 7.48. The minimum Gasteiger partial charge on any atom is -0.478 e. The van der Waals surface area contributed by atoms with Gasteiger partial charge >= 0.3 is 5.97 Å². The van der Waals surface area contributed by atoms with Crippen molar-refractivity contribution in [1.82, 2.24) is 9.78 Å². The number of primary sulfonamides is 1. The Morgan fingerprint density at radius 1 is 1.21 bits per heavy atom. The van der Waals surface area contributed by atoms with Crippen LogP contribution in [-0.2, 0) is 10.0 Å². The maximum atomic E-state index is 12.7. The number of nitrogens with one attached hydrogen (secondary N) is 1. The monoisotopic (exact) mass is 400 g/mol. The number of para-hydroxylation sites is 1. The molecule has 0 aliphatic rings. The summed E-state index contributed by atoms with van der Waals surface area (Å²) in [6.07, 6.45) is 1.20. The van der Waals surface area contributed by atoms with Gasteiger partial charge in [0.25, 0.3) is 5.56 Å². The van der Waals surface area contributed by atoms with Gasteiger partial charge in [0, 0.05) is 11.9 Å². The van der Waals surface area contributed by atoms with Gasteiger partial charge in [0.05, 0.1) is 27.4 Å². The number of aliphatic imine (C=N–C) groups is 1. The lowest BCUT2D eigenvalue weighted by Gasteiger charge is -2.03. The SMILES string of the molecule is Cc1[nH]n(-c2ccccc2)c(=O)c1C=Nc1cc(S(N)(=O)=O)ccc1C(=O)O. The summed E-state index contributed by atoms with van der Waals surface area (Å²) in [6, 6.07) is 12.1. The van der Waals surface area contributed by atoms with Crippen molar-refractivity contribution in [2.24, 2.45) is 10.1 Å². The first-order chi connectivity index (χ1) is 13.2. The number of carboxylic acids is 1. The van der Waals surface area contributed by atoms with Crippen LogP contribution in [0.2, 0.25) is 0 Å². The third-order valence-electron chi connectivity index (χ3n) is 3.99. The zero-order valence-corrected chi connectivity index (χ0v) is 15.5. The molecule has 0 unspecified atom stereocenters. The molecule has 0 aliphatic carbocycles. The Balaban J connectivity index is 2.09. The molecule has 0 amide bonds. The molecule has 28 heavy (non-hydrogen) atoms. The molecule has 9 nitrogen and oxygen atoms in total. The van der Waals surface area contributed by atoms with Crippen LogP contribution >= 0.6 is 0 Å². The van der Waals surface area contributed by atoms with E-state index in [-0.39, 0.29) is 27.3 Å². The van der Waals surface area contributed by atoms with E-state index < -0.39 is 16.0 Å². The van der Waals surface area contributed by atoms with Crippen molar-refractivity contribution in [2.45, 2.75) is 11.8 Å². The third kappa shape index (κ3) is 3.77. The minimum atomic E-state index is -4.04. The molecular weight excluding hydrogens is 384 g/mol. The summed E-state index contributed by atoms with van der Waals surface area (Å²) >= 11 is 0. The van der Waals surface area contributed by atoms with Gasteiger partial charge in [0.1, 0.15) is 0 Å². The van der Waals surface area contributed by atoms with Crippen molar-refractivity contribution in [3.63, 3.8) is 0 Å². The standard InChI is InChI=1S/C18H16N4O5S/c1-11-15(17(23)22(21-11)12-5-3-2-4-6-12)10-20-16-9-13(28(19,26)27)7-8-14(16)18(24)25/h2-10,21H,1H3,(H,24,25)(H2,19,26,27). The normalized spacial score (nSPS) is 11.8. The topological polar surface area (TPSA) is 148 Å². The van der Waals surface area contributed by atoms with Gasteiger partial charge in [-0.15, -0.1) is 0 Å². The number of nitrogens with zero attached hydrogens (tertiary/aromatic N) is 2. The highest BCUT2D eigenvalue weighted by molar-refractivity contribution is 7.89. The lowest BCUT2D eigenvalue weighted by molar-refractivity contribution is 0.0697. The molecule has 2 aromatic carbocycles. The maximum Gasteiger partial charge on any atom is 0.337 e. The number of aromatic nitrogens is 2. The number of aromatic amines is 1. The summed E-state index contributed by atoms with van der Waals surface area (Å²) in [4.78, 5) is 27.8. The van der Waals surface area contributed by atoms with Crippen LogP contribution in [0.4, 0.5) is 5.69 Å². The van der Waals surface area contributed by atoms with E-state index in [1.165, 1.54) is 10.9 Å². The van der Waals surface area contributed by atoms with Crippen molar-refractivity contribution in [1.29, 1.82) is 0 Å². The predicted molar refractivity (Wildman–Crippen MR) is 103 cm³/mol. The van der Waals surface area contributed by atoms with E-state index in [1.807, 2.05) is 6.07 Å². The van der Waals surface area contributed by atoms with E-state index in [1.54, 1.807) is 31.2 Å². The number of H-pyrrole nitrogens is 1. The van der Waals surface area contributed by atoms with Gasteiger partial charge in [-0.2, -0.15) is 0 Å². The Labute approximate surface area is 159 Å². The molecule has 0 spiro atoms. The van der Waals surface area contributed by atoms with Gasteiger partial charge in [-0.25, -0.2) is 23.0 Å². The van der Waals surface area contributed by atoms with Crippen molar-refractivity contribution >= 4 is 27.9 Å². The Morgan fingerprint density at radius 2 is 1.89 bits per heavy atom. The third-order valence-corrected chi connectivity index (χ3v) is 4.90. The molecule has 0 atom stereocenters. The van der Waals surface area contributed by atoms with Crippen LogP contribution in [0.5, 0.6) is 0 Å². The summed E-state index contributed by atoms with van der Waals surface area (Å²) in [5, 5.41) is 17.3. The van der Waals surface area contributed by atoms with Gasteiger partial charge in [-0.3, -0.25) is 14.9 Å². The number of hydrogen-bond acceptors (Lipinski definition) is 5. The van der Waals surface area contributed by atoms with Crippen molar-refractivity contribution in [3.8, 4) is 5.69 Å². The van der Waals surface area contributed by atoms with Crippen LogP contribution in [0.15, 0.2) is 63.2 Å². The van der Waals surface area contributed by atoms with E-state index in [9.17, 15) is 23.1 Å². The summed E-state index contributed by atoms with van der Waals surface area (Å²) in [5.41, 5.74) is 0.605. The van der Waals surface area contributed by atoms with E-state index >= 15 is 0 Å². The van der Waals surface area contributed by atoms with E-state index in [4.69, 9.17) is 5.14 Å². The number of carboxylic acid groups (broad SMARTS) is 1. The molecule has 4 N–H and O–H groups in total. The largest absolute Gasteiger partial charge is 0.478 e. The van der Waals surface area contributed by atoms with Crippen molar-refractivity contribution in [3.05, 3.63) is 75.7 Å². The van der Waals surface area contributed by atoms with Crippen LogP contribution in [0.1, 0.15) is 21.6 Å². The van der Waals surface area contributed by atoms with Crippen molar-refractivity contribution in [2.75, 3.05) is 0 Å². The van der Waals surface area contributed by atoms with Gasteiger partial charge in [0.15, 0.2) is 0 Å². The van der Waals surface area contributed by atoms with Crippen LogP contribution in [0.3, 0.4) is 0 Å². The smallest absolute Gasteiger partial charge is 0.337 e. The second-order valence-electron chi connectivity index (χ2n) is 5.91. The fourth-order valence-corrected chi connectivity index (χ4v) is 3.11. The zero-order valence-electron chi connectivity index (χ0n) is 14.7. The van der Waals surface area contributed by atoms with Gasteiger partial charge in [-0.05, 0) is 37.3 Å². The average Bonchev–Trinajstić information content (AvgIpc) is 2.93. The second kappa shape index (κ2) is 7.25. The molecule has 10 heteroatoms. The first-order valence-electron chi connectivity index (χ1n) is 8.00. The number of rotatable bonds is 5. The fourth-order valence-electron chi connectivity index (χ4n) is 2.58. The Bertz CT molecular complexity index is 1240. The Hall–Kier alpha value is -3.50. The van der Waals surface area contributed by atoms with Gasteiger partial charge < -0.3 is 5.11 Å². The molecule has 0 fully saturated rings. The van der Waals surface area contributed by atoms with Crippen LogP contribution in [0.25, 0.3) is 5.69 Å². The van der Waals surface area contributed by atoms with Crippen molar-refractivity contribution < 1.29 is 18.3 Å². The molecule has 0 saturated heterocycles. The molecule has 3 rings (SSSR count). The van der Waals surface area contributed by atoms with E-state index in [2.05, 4.69) is 10.1 Å². The maximum absolute atomic E-state index is 12.7. The number of aryl methyl sites for hydroxylation is 1. The Kier molecular flexibility index (Phi) is 4.99. The molecule has 0 bridgehead atoms. The average molecular weight is 400 g/mol.